The minimum atomic E-state index is -3.82. The van der Waals surface area contributed by atoms with E-state index >= 15 is 0 Å². The zero-order valence-corrected chi connectivity index (χ0v) is 11.8. The number of nitrogens with one attached hydrogen (secondary N) is 1. The Balaban J connectivity index is 2.12. The van der Waals surface area contributed by atoms with Gasteiger partial charge in [0.1, 0.15) is 5.82 Å². The number of aliphatic carboxylic acids is 1. The van der Waals surface area contributed by atoms with Gasteiger partial charge in [-0.3, -0.25) is 4.79 Å². The molecule has 20 heavy (non-hydrogen) atoms. The second-order valence-electron chi connectivity index (χ2n) is 5.08. The SMILES string of the molecule is Cc1ccc(S(=O)(=O)NC2CCC(C(=O)O)C2)cc1F. The number of carbonyl (C=O) groups is 1. The molecule has 0 heterocycles. The van der Waals surface area contributed by atoms with Crippen molar-refractivity contribution >= 4 is 16.0 Å². The summed E-state index contributed by atoms with van der Waals surface area (Å²) in [6, 6.07) is 3.30. The van der Waals surface area contributed by atoms with Crippen molar-refractivity contribution in [2.24, 2.45) is 5.92 Å². The highest BCUT2D eigenvalue weighted by atomic mass is 32.2. The van der Waals surface area contributed by atoms with Crippen molar-refractivity contribution < 1.29 is 22.7 Å². The van der Waals surface area contributed by atoms with Crippen molar-refractivity contribution in [3.05, 3.63) is 29.6 Å². The molecule has 2 rings (SSSR count). The number of carboxylic acids is 1. The van der Waals surface area contributed by atoms with E-state index in [1.165, 1.54) is 12.1 Å². The highest BCUT2D eigenvalue weighted by Gasteiger charge is 2.32. The van der Waals surface area contributed by atoms with Crippen LogP contribution in [0.15, 0.2) is 23.1 Å². The first kappa shape index (κ1) is 14.9. The normalized spacial score (nSPS) is 22.9. The maximum absolute atomic E-state index is 13.4. The molecule has 1 aliphatic rings. The smallest absolute Gasteiger partial charge is 0.306 e. The number of hydrogen-bond acceptors (Lipinski definition) is 3. The number of rotatable bonds is 4. The lowest BCUT2D eigenvalue weighted by molar-refractivity contribution is -0.141. The van der Waals surface area contributed by atoms with Crippen molar-refractivity contribution in [1.29, 1.82) is 0 Å². The van der Waals surface area contributed by atoms with Gasteiger partial charge in [0.15, 0.2) is 0 Å². The van der Waals surface area contributed by atoms with E-state index in [1.807, 2.05) is 0 Å². The van der Waals surface area contributed by atoms with Crippen LogP contribution < -0.4 is 4.72 Å². The molecule has 1 aromatic rings. The highest BCUT2D eigenvalue weighted by Crippen LogP contribution is 2.27. The summed E-state index contributed by atoms with van der Waals surface area (Å²) in [4.78, 5) is 10.7. The van der Waals surface area contributed by atoms with E-state index in [0.29, 0.717) is 18.4 Å². The van der Waals surface area contributed by atoms with Gasteiger partial charge in [0.25, 0.3) is 0 Å². The first-order chi connectivity index (χ1) is 9.29. The Bertz CT molecular complexity index is 629. The molecule has 5 nitrogen and oxygen atoms in total. The first-order valence-corrected chi connectivity index (χ1v) is 7.79. The summed E-state index contributed by atoms with van der Waals surface area (Å²) in [5.74, 6) is -2.01. The number of aryl methyl sites for hydroxylation is 1. The Kier molecular flexibility index (Phi) is 4.10. The lowest BCUT2D eigenvalue weighted by Gasteiger charge is -2.13. The van der Waals surface area contributed by atoms with Crippen molar-refractivity contribution in [3.8, 4) is 0 Å². The predicted molar refractivity (Wildman–Crippen MR) is 70.2 cm³/mol. The molecule has 2 N–H and O–H groups in total. The molecule has 0 bridgehead atoms. The summed E-state index contributed by atoms with van der Waals surface area (Å²) in [6.07, 6.45) is 1.19. The molecule has 110 valence electrons. The highest BCUT2D eigenvalue weighted by molar-refractivity contribution is 7.89. The predicted octanol–water partition coefficient (Wildman–Crippen LogP) is 1.67. The summed E-state index contributed by atoms with van der Waals surface area (Å²) in [5.41, 5.74) is 0.371. The topological polar surface area (TPSA) is 83.5 Å². The van der Waals surface area contributed by atoms with Gasteiger partial charge in [0.05, 0.1) is 10.8 Å². The summed E-state index contributed by atoms with van der Waals surface area (Å²) in [5, 5.41) is 8.89. The quantitative estimate of drug-likeness (QED) is 0.886. The third kappa shape index (κ3) is 3.16. The fourth-order valence-corrected chi connectivity index (χ4v) is 3.64. The molecule has 1 fully saturated rings. The maximum Gasteiger partial charge on any atom is 0.306 e. The van der Waals surface area contributed by atoms with Gasteiger partial charge in [0.2, 0.25) is 10.0 Å². The van der Waals surface area contributed by atoms with E-state index in [-0.39, 0.29) is 11.3 Å². The zero-order valence-electron chi connectivity index (χ0n) is 11.0. The van der Waals surface area contributed by atoms with Crippen molar-refractivity contribution in [1.82, 2.24) is 4.72 Å². The molecular weight excluding hydrogens is 285 g/mol. The van der Waals surface area contributed by atoms with E-state index in [2.05, 4.69) is 4.72 Å². The van der Waals surface area contributed by atoms with Crippen molar-refractivity contribution in [2.45, 2.75) is 37.1 Å². The molecule has 1 aliphatic carbocycles. The minimum Gasteiger partial charge on any atom is -0.481 e. The van der Waals surface area contributed by atoms with Crippen LogP contribution in [0.2, 0.25) is 0 Å². The summed E-state index contributed by atoms with van der Waals surface area (Å²) < 4.78 is 40.1. The third-order valence-electron chi connectivity index (χ3n) is 3.56. The average Bonchev–Trinajstić information content (AvgIpc) is 2.80. The summed E-state index contributed by atoms with van der Waals surface area (Å²) >= 11 is 0. The van der Waals surface area contributed by atoms with Gasteiger partial charge < -0.3 is 5.11 Å². The van der Waals surface area contributed by atoms with E-state index < -0.39 is 33.8 Å². The Morgan fingerprint density at radius 1 is 1.40 bits per heavy atom. The van der Waals surface area contributed by atoms with E-state index in [0.717, 1.165) is 6.07 Å². The fraction of sp³-hybridized carbons (Fsp3) is 0.462. The van der Waals surface area contributed by atoms with Gasteiger partial charge in [-0.15, -0.1) is 0 Å². The molecule has 1 aromatic carbocycles. The summed E-state index contributed by atoms with van der Waals surface area (Å²) in [7, 11) is -3.82. The van der Waals surface area contributed by atoms with Crippen molar-refractivity contribution in [2.75, 3.05) is 0 Å². The number of benzene rings is 1. The number of hydrogen-bond donors (Lipinski definition) is 2. The largest absolute Gasteiger partial charge is 0.481 e. The Hall–Kier alpha value is -1.47. The Morgan fingerprint density at radius 3 is 2.65 bits per heavy atom. The van der Waals surface area contributed by atoms with Crippen LogP contribution in [0, 0.1) is 18.7 Å². The standard InChI is InChI=1S/C13H16FNO4S/c1-8-2-5-11(7-12(8)14)20(18,19)15-10-4-3-9(6-10)13(16)17/h2,5,7,9-10,15H,3-4,6H2,1H3,(H,16,17). The molecule has 0 aromatic heterocycles. The molecule has 0 saturated heterocycles. The maximum atomic E-state index is 13.4. The van der Waals surface area contributed by atoms with Gasteiger partial charge in [-0.25, -0.2) is 17.5 Å². The molecule has 2 unspecified atom stereocenters. The van der Waals surface area contributed by atoms with Crippen molar-refractivity contribution in [3.63, 3.8) is 0 Å². The number of halogens is 1. The molecule has 0 aliphatic heterocycles. The minimum absolute atomic E-state index is 0.139. The zero-order chi connectivity index (χ0) is 14.9. The Morgan fingerprint density at radius 2 is 2.10 bits per heavy atom. The Labute approximate surface area is 116 Å². The fourth-order valence-electron chi connectivity index (χ4n) is 2.34. The second kappa shape index (κ2) is 5.49. The van der Waals surface area contributed by atoms with Crippen LogP contribution in [0.1, 0.15) is 24.8 Å². The molecule has 0 radical (unpaired) electrons. The van der Waals surface area contributed by atoms with Gasteiger partial charge in [0, 0.05) is 6.04 Å². The molecule has 1 saturated carbocycles. The molecule has 0 amide bonds. The van der Waals surface area contributed by atoms with E-state index in [1.54, 1.807) is 6.92 Å². The van der Waals surface area contributed by atoms with Crippen LogP contribution in [0.4, 0.5) is 4.39 Å². The monoisotopic (exact) mass is 301 g/mol. The van der Waals surface area contributed by atoms with Gasteiger partial charge in [-0.05, 0) is 43.9 Å². The van der Waals surface area contributed by atoms with Gasteiger partial charge >= 0.3 is 5.97 Å². The second-order valence-corrected chi connectivity index (χ2v) is 6.79. The molecule has 2 atom stereocenters. The lowest BCUT2D eigenvalue weighted by Crippen LogP contribution is -2.33. The summed E-state index contributed by atoms with van der Waals surface area (Å²) in [6.45, 7) is 1.55. The average molecular weight is 301 g/mol. The molecule has 7 heteroatoms. The van der Waals surface area contributed by atoms with Crippen LogP contribution in [-0.2, 0) is 14.8 Å². The third-order valence-corrected chi connectivity index (χ3v) is 5.08. The van der Waals surface area contributed by atoms with Crippen LogP contribution in [0.25, 0.3) is 0 Å². The van der Waals surface area contributed by atoms with Crippen LogP contribution >= 0.6 is 0 Å². The van der Waals surface area contributed by atoms with E-state index in [9.17, 15) is 17.6 Å². The van der Waals surface area contributed by atoms with Crippen LogP contribution in [-0.4, -0.2) is 25.5 Å². The van der Waals surface area contributed by atoms with E-state index in [4.69, 9.17) is 5.11 Å². The van der Waals surface area contributed by atoms with Gasteiger partial charge in [-0.2, -0.15) is 0 Å². The van der Waals surface area contributed by atoms with Crippen LogP contribution in [0.3, 0.4) is 0 Å². The number of carboxylic acid groups (broad SMARTS) is 1. The van der Waals surface area contributed by atoms with Crippen LogP contribution in [0.5, 0.6) is 0 Å². The molecule has 0 spiro atoms. The number of sulfonamides is 1. The lowest BCUT2D eigenvalue weighted by atomic mass is 10.1. The van der Waals surface area contributed by atoms with Gasteiger partial charge in [-0.1, -0.05) is 6.07 Å². The first-order valence-electron chi connectivity index (χ1n) is 6.31. The molecular formula is C13H16FNO4S.